The van der Waals surface area contributed by atoms with Crippen molar-refractivity contribution in [3.63, 3.8) is 0 Å². The van der Waals surface area contributed by atoms with Crippen molar-refractivity contribution in [1.82, 2.24) is 4.90 Å². The minimum atomic E-state index is -5.92. The van der Waals surface area contributed by atoms with Crippen LogP contribution in [0.5, 0.6) is 0 Å². The van der Waals surface area contributed by atoms with E-state index in [0.29, 0.717) is 5.57 Å². The normalized spacial score (nSPS) is 24.7. The van der Waals surface area contributed by atoms with E-state index in [-0.39, 0.29) is 24.9 Å². The quantitative estimate of drug-likeness (QED) is 0.127. The van der Waals surface area contributed by atoms with Crippen LogP contribution in [0, 0.1) is 17.0 Å². The molecule has 3 rings (SSSR count). The van der Waals surface area contributed by atoms with Crippen LogP contribution in [0.1, 0.15) is 57.7 Å². The molecular formula is C26H29F6NO5S. The number of methoxy groups -OCH3 is 1. The first-order valence-electron chi connectivity index (χ1n) is 11.9. The van der Waals surface area contributed by atoms with Gasteiger partial charge in [0.05, 0.1) is 13.2 Å². The monoisotopic (exact) mass is 581 g/mol. The topological polar surface area (TPSA) is 72.9 Å². The number of allylic oxidation sites excluding steroid dienone is 3. The van der Waals surface area contributed by atoms with Gasteiger partial charge in [-0.15, -0.1) is 0 Å². The molecule has 3 unspecified atom stereocenters. The smallest absolute Gasteiger partial charge is 0.466 e. The van der Waals surface area contributed by atoms with Crippen LogP contribution in [0.25, 0.3) is 6.08 Å². The maximum atomic E-state index is 15.6. The lowest BCUT2D eigenvalue weighted by Gasteiger charge is -2.53. The molecule has 0 spiro atoms. The highest BCUT2D eigenvalue weighted by Gasteiger charge is 2.52. The highest BCUT2D eigenvalue weighted by molar-refractivity contribution is 7.87. The highest BCUT2D eigenvalue weighted by atomic mass is 32.2. The van der Waals surface area contributed by atoms with E-state index in [4.69, 9.17) is 0 Å². The van der Waals surface area contributed by atoms with E-state index in [1.807, 2.05) is 0 Å². The number of hydrogen-bond donors (Lipinski definition) is 0. The number of halogens is 6. The number of nitrogens with zero attached hydrogens (tertiary/aromatic N) is 1. The number of fused-ring (bicyclic) bond motifs is 1. The van der Waals surface area contributed by atoms with Crippen LogP contribution in [0.4, 0.5) is 26.3 Å². The summed E-state index contributed by atoms with van der Waals surface area (Å²) in [7, 11) is -4.79. The molecule has 1 aromatic carbocycles. The molecule has 2 aliphatic rings. The van der Waals surface area contributed by atoms with Gasteiger partial charge in [0.1, 0.15) is 23.1 Å². The number of piperidine rings is 1. The molecule has 13 heteroatoms. The van der Waals surface area contributed by atoms with Gasteiger partial charge in [0.2, 0.25) is 0 Å². The average molecular weight is 582 g/mol. The predicted octanol–water partition coefficient (Wildman–Crippen LogP) is 6.12. The average Bonchev–Trinajstić information content (AvgIpc) is 2.76. The van der Waals surface area contributed by atoms with Crippen molar-refractivity contribution in [1.29, 1.82) is 0 Å². The minimum absolute atomic E-state index is 0.0219. The first-order chi connectivity index (χ1) is 17.8. The number of carbonyl (C=O) groups is 1. The van der Waals surface area contributed by atoms with Crippen molar-refractivity contribution < 1.29 is 48.5 Å². The summed E-state index contributed by atoms with van der Waals surface area (Å²) in [6.45, 7) is 5.70. The molecule has 1 aromatic rings. The molecule has 39 heavy (non-hydrogen) atoms. The van der Waals surface area contributed by atoms with Gasteiger partial charge in [0.25, 0.3) is 0 Å². The number of alkyl halides is 4. The van der Waals surface area contributed by atoms with Crippen molar-refractivity contribution in [3.8, 4) is 0 Å². The predicted molar refractivity (Wildman–Crippen MR) is 131 cm³/mol. The summed E-state index contributed by atoms with van der Waals surface area (Å²) in [4.78, 5) is 13.0. The summed E-state index contributed by atoms with van der Waals surface area (Å²) in [5.41, 5.74) is -8.53. The van der Waals surface area contributed by atoms with Gasteiger partial charge in [0.15, 0.2) is 0 Å². The van der Waals surface area contributed by atoms with E-state index in [1.54, 1.807) is 18.7 Å². The van der Waals surface area contributed by atoms with Gasteiger partial charge in [-0.1, -0.05) is 13.0 Å². The number of carbonyl (C=O) groups excluding carboxylic acids is 1. The second-order valence-electron chi connectivity index (χ2n) is 10.6. The molecule has 0 amide bonds. The molecule has 1 saturated heterocycles. The molecule has 1 heterocycles. The standard InChI is InChI=1S/C26H29F6NO5S/c1-15-12-25(4)13-17(38-39(35,36)26(30,31)32)7-8-18(25)23(33(15)14-24(2,3)29)22-19(27)10-16(11-20(22)28)6-9-21(34)37-5/h6-11,15,23H,12-14H2,1-5H3/b9-6+. The number of esters is 1. The van der Waals surface area contributed by atoms with E-state index in [1.165, 1.54) is 19.9 Å². The van der Waals surface area contributed by atoms with E-state index in [9.17, 15) is 30.8 Å². The Morgan fingerprint density at radius 2 is 1.74 bits per heavy atom. The zero-order chi connectivity index (χ0) is 29.6. The Bertz CT molecular complexity index is 1310. The maximum Gasteiger partial charge on any atom is 0.534 e. The van der Waals surface area contributed by atoms with Crippen LogP contribution in [-0.4, -0.2) is 50.2 Å². The summed E-state index contributed by atoms with van der Waals surface area (Å²) < 4.78 is 117. The summed E-state index contributed by atoms with van der Waals surface area (Å²) in [5, 5.41) is 0. The van der Waals surface area contributed by atoms with Crippen LogP contribution < -0.4 is 0 Å². The third-order valence-electron chi connectivity index (χ3n) is 6.70. The Labute approximate surface area is 223 Å². The summed E-state index contributed by atoms with van der Waals surface area (Å²) in [6, 6.07) is 0.293. The molecule has 0 saturated carbocycles. The summed E-state index contributed by atoms with van der Waals surface area (Å²) >= 11 is 0. The molecule has 6 nitrogen and oxygen atoms in total. The lowest BCUT2D eigenvalue weighted by atomic mass is 9.64. The van der Waals surface area contributed by atoms with Crippen molar-refractivity contribution in [2.75, 3.05) is 13.7 Å². The van der Waals surface area contributed by atoms with Crippen LogP contribution in [-0.2, 0) is 23.8 Å². The third-order valence-corrected chi connectivity index (χ3v) is 7.70. The summed E-state index contributed by atoms with van der Waals surface area (Å²) in [5.74, 6) is -3.20. The first-order valence-corrected chi connectivity index (χ1v) is 13.3. The van der Waals surface area contributed by atoms with Crippen LogP contribution in [0.15, 0.2) is 41.7 Å². The van der Waals surface area contributed by atoms with E-state index in [2.05, 4.69) is 8.92 Å². The van der Waals surface area contributed by atoms with E-state index >= 15 is 8.78 Å². The molecule has 0 radical (unpaired) electrons. The number of rotatable bonds is 7. The van der Waals surface area contributed by atoms with Crippen molar-refractivity contribution in [2.45, 2.75) is 63.8 Å². The largest absolute Gasteiger partial charge is 0.534 e. The Balaban J connectivity index is 2.16. The van der Waals surface area contributed by atoms with Gasteiger partial charge in [0, 0.05) is 30.6 Å². The van der Waals surface area contributed by atoms with Crippen molar-refractivity contribution in [3.05, 3.63) is 64.5 Å². The van der Waals surface area contributed by atoms with Crippen LogP contribution >= 0.6 is 0 Å². The van der Waals surface area contributed by atoms with Gasteiger partial charge in [-0.05, 0) is 68.0 Å². The van der Waals surface area contributed by atoms with E-state index in [0.717, 1.165) is 37.5 Å². The zero-order valence-corrected chi connectivity index (χ0v) is 22.7. The summed E-state index contributed by atoms with van der Waals surface area (Å²) in [6.07, 6.45) is 4.35. The number of hydrogen-bond acceptors (Lipinski definition) is 6. The molecule has 0 aromatic heterocycles. The van der Waals surface area contributed by atoms with Gasteiger partial charge in [-0.25, -0.2) is 18.0 Å². The molecular weight excluding hydrogens is 552 g/mol. The molecule has 1 aliphatic carbocycles. The molecule has 1 fully saturated rings. The second kappa shape index (κ2) is 10.6. The lowest BCUT2D eigenvalue weighted by molar-refractivity contribution is -0.134. The molecule has 0 bridgehead atoms. The molecule has 3 atom stereocenters. The fourth-order valence-electron chi connectivity index (χ4n) is 5.18. The molecule has 0 N–H and O–H groups in total. The Hall–Kier alpha value is -2.80. The van der Waals surface area contributed by atoms with Crippen LogP contribution in [0.3, 0.4) is 0 Å². The van der Waals surface area contributed by atoms with Gasteiger partial charge >= 0.3 is 21.6 Å². The van der Waals surface area contributed by atoms with Gasteiger partial charge in [-0.3, -0.25) is 4.90 Å². The molecule has 1 aliphatic heterocycles. The van der Waals surface area contributed by atoms with Crippen molar-refractivity contribution >= 4 is 22.2 Å². The first kappa shape index (κ1) is 30.7. The second-order valence-corrected chi connectivity index (χ2v) is 12.1. The minimum Gasteiger partial charge on any atom is -0.466 e. The van der Waals surface area contributed by atoms with Gasteiger partial charge < -0.3 is 8.92 Å². The number of benzene rings is 1. The zero-order valence-electron chi connectivity index (χ0n) is 21.9. The Morgan fingerprint density at radius 1 is 1.15 bits per heavy atom. The fourth-order valence-corrected chi connectivity index (χ4v) is 5.68. The third kappa shape index (κ3) is 6.68. The Kier molecular flexibility index (Phi) is 8.39. The van der Waals surface area contributed by atoms with Crippen molar-refractivity contribution in [2.24, 2.45) is 5.41 Å². The maximum absolute atomic E-state index is 15.6. The highest BCUT2D eigenvalue weighted by Crippen LogP contribution is 2.55. The fraction of sp³-hybridized carbons (Fsp3) is 0.500. The van der Waals surface area contributed by atoms with Gasteiger partial charge in [-0.2, -0.15) is 21.6 Å². The SMILES string of the molecule is COC(=O)/C=C/c1cc(F)c(C2C3=CC=C(OS(=O)(=O)C(F)(F)F)CC3(C)CC(C)N2CC(C)(C)F)c(F)c1. The number of likely N-dealkylation sites (tertiary alicyclic amines) is 1. The molecule has 216 valence electrons. The van der Waals surface area contributed by atoms with E-state index < -0.39 is 67.7 Å². The Morgan fingerprint density at radius 3 is 2.26 bits per heavy atom. The number of ether oxygens (including phenoxy) is 1. The van der Waals surface area contributed by atoms with Crippen LogP contribution in [0.2, 0.25) is 0 Å². The lowest BCUT2D eigenvalue weighted by Crippen LogP contribution is -2.52.